The number of rotatable bonds is 9. The van der Waals surface area contributed by atoms with Gasteiger partial charge in [-0.15, -0.1) is 6.58 Å². The van der Waals surface area contributed by atoms with Crippen molar-refractivity contribution in [1.82, 2.24) is 0 Å². The Bertz CT molecular complexity index is 397. The van der Waals surface area contributed by atoms with Gasteiger partial charge in [0.25, 0.3) is 10.1 Å². The lowest BCUT2D eigenvalue weighted by atomic mass is 10.2. The summed E-state index contributed by atoms with van der Waals surface area (Å²) in [5.41, 5.74) is 0. The Morgan fingerprint density at radius 1 is 1.30 bits per heavy atom. The van der Waals surface area contributed by atoms with Gasteiger partial charge in [0.05, 0.1) is 19.0 Å². The monoisotopic (exact) mass is 324 g/mol. The summed E-state index contributed by atoms with van der Waals surface area (Å²) in [7, 11) is -5.98. The highest BCUT2D eigenvalue weighted by Crippen LogP contribution is 2.36. The molecule has 0 spiro atoms. The van der Waals surface area contributed by atoms with Crippen molar-refractivity contribution >= 4 is 18.4 Å². The summed E-state index contributed by atoms with van der Waals surface area (Å²) in [6.45, 7) is 14.9. The molecule has 0 bridgehead atoms. The number of ether oxygens (including phenoxy) is 1. The van der Waals surface area contributed by atoms with Crippen LogP contribution in [0.15, 0.2) is 12.7 Å². The molecule has 0 unspecified atom stereocenters. The van der Waals surface area contributed by atoms with Crippen molar-refractivity contribution in [3.63, 3.8) is 0 Å². The predicted octanol–water partition coefficient (Wildman–Crippen LogP) is 2.71. The Balaban J connectivity index is 4.60. The molecule has 0 rings (SSSR count). The molecule has 1 atom stereocenters. The quantitative estimate of drug-likeness (QED) is 0.305. The van der Waals surface area contributed by atoms with E-state index in [9.17, 15) is 8.42 Å². The number of hydrogen-bond donors (Lipinski definition) is 1. The van der Waals surface area contributed by atoms with Crippen LogP contribution in [0.5, 0.6) is 0 Å². The zero-order valence-corrected chi connectivity index (χ0v) is 15.0. The first-order chi connectivity index (χ1) is 8.89. The summed E-state index contributed by atoms with van der Waals surface area (Å²) in [5, 5.41) is 0.0532. The molecule has 0 aromatic rings. The largest absolute Gasteiger partial charge is 0.416 e. The van der Waals surface area contributed by atoms with Crippen molar-refractivity contribution in [1.29, 1.82) is 0 Å². The van der Waals surface area contributed by atoms with Crippen molar-refractivity contribution in [3.05, 3.63) is 12.7 Å². The molecule has 120 valence electrons. The van der Waals surface area contributed by atoms with Gasteiger partial charge in [-0.3, -0.25) is 4.55 Å². The first-order valence-electron chi connectivity index (χ1n) is 6.67. The van der Waals surface area contributed by atoms with E-state index in [0.29, 0.717) is 6.61 Å². The molecule has 1 N–H and O–H groups in total. The molecule has 0 saturated carbocycles. The van der Waals surface area contributed by atoms with Gasteiger partial charge in [-0.1, -0.05) is 26.8 Å². The van der Waals surface area contributed by atoms with Crippen LogP contribution < -0.4 is 0 Å². The molecule has 0 fully saturated rings. The Hall–Kier alpha value is -0.213. The van der Waals surface area contributed by atoms with E-state index < -0.39 is 18.4 Å². The summed E-state index contributed by atoms with van der Waals surface area (Å²) in [6.07, 6.45) is 1.60. The van der Waals surface area contributed by atoms with Crippen molar-refractivity contribution in [2.75, 3.05) is 25.6 Å². The van der Waals surface area contributed by atoms with Gasteiger partial charge in [0.1, 0.15) is 0 Å². The van der Waals surface area contributed by atoms with E-state index in [0.717, 1.165) is 0 Å². The second kappa shape index (κ2) is 7.70. The summed E-state index contributed by atoms with van der Waals surface area (Å²) in [6, 6.07) is 0. The van der Waals surface area contributed by atoms with Gasteiger partial charge >= 0.3 is 0 Å². The van der Waals surface area contributed by atoms with Crippen LogP contribution in [0.25, 0.3) is 0 Å². The molecule has 0 amide bonds. The van der Waals surface area contributed by atoms with Crippen LogP contribution in [0.4, 0.5) is 0 Å². The van der Waals surface area contributed by atoms with Crippen LogP contribution >= 0.6 is 0 Å². The number of hydrogen-bond acceptors (Lipinski definition) is 4. The highest BCUT2D eigenvalue weighted by atomic mass is 32.2. The molecule has 20 heavy (non-hydrogen) atoms. The van der Waals surface area contributed by atoms with Crippen molar-refractivity contribution < 1.29 is 22.1 Å². The van der Waals surface area contributed by atoms with E-state index in [4.69, 9.17) is 13.7 Å². The van der Waals surface area contributed by atoms with E-state index in [-0.39, 0.29) is 29.9 Å². The van der Waals surface area contributed by atoms with Crippen LogP contribution in [-0.2, 0) is 19.3 Å². The molecule has 0 aliphatic rings. The fraction of sp³-hybridized carbons (Fsp3) is 0.846. The Morgan fingerprint density at radius 2 is 1.85 bits per heavy atom. The topological polar surface area (TPSA) is 72.8 Å². The van der Waals surface area contributed by atoms with Crippen LogP contribution in [0, 0.1) is 5.92 Å². The summed E-state index contributed by atoms with van der Waals surface area (Å²) >= 11 is 0. The average molecular weight is 325 g/mol. The third-order valence-electron chi connectivity index (χ3n) is 3.52. The molecule has 0 saturated heterocycles. The maximum Gasteiger partial charge on any atom is 0.265 e. The second-order valence-electron chi connectivity index (χ2n) is 6.51. The third kappa shape index (κ3) is 8.16. The lowest BCUT2D eigenvalue weighted by molar-refractivity contribution is 0.101. The normalized spacial score (nSPS) is 15.1. The average Bonchev–Trinajstić information content (AvgIpc) is 2.22. The third-order valence-corrected chi connectivity index (χ3v) is 8.92. The van der Waals surface area contributed by atoms with Crippen molar-refractivity contribution in [2.24, 2.45) is 5.92 Å². The Labute approximate surface area is 124 Å². The Morgan fingerprint density at radius 3 is 2.25 bits per heavy atom. The van der Waals surface area contributed by atoms with Gasteiger partial charge in [-0.05, 0) is 18.1 Å². The van der Waals surface area contributed by atoms with Crippen LogP contribution in [-0.4, -0.2) is 46.9 Å². The van der Waals surface area contributed by atoms with Crippen LogP contribution in [0.3, 0.4) is 0 Å². The maximum atomic E-state index is 11.0. The fourth-order valence-electron chi connectivity index (χ4n) is 1.30. The zero-order chi connectivity index (χ0) is 16.0. The van der Waals surface area contributed by atoms with E-state index in [2.05, 4.69) is 40.4 Å². The van der Waals surface area contributed by atoms with Gasteiger partial charge in [-0.2, -0.15) is 8.42 Å². The molecular formula is C13H28O5SSi. The van der Waals surface area contributed by atoms with Crippen LogP contribution in [0.1, 0.15) is 20.8 Å². The van der Waals surface area contributed by atoms with E-state index >= 15 is 0 Å². The lowest BCUT2D eigenvalue weighted by Gasteiger charge is -2.37. The molecule has 0 aromatic carbocycles. The van der Waals surface area contributed by atoms with Gasteiger partial charge in [0.15, 0.2) is 8.32 Å². The molecule has 0 aliphatic heterocycles. The molecule has 0 aliphatic carbocycles. The van der Waals surface area contributed by atoms with E-state index in [1.165, 1.54) is 0 Å². The molecule has 5 nitrogen and oxygen atoms in total. The maximum absolute atomic E-state index is 11.0. The Kier molecular flexibility index (Phi) is 7.62. The zero-order valence-electron chi connectivity index (χ0n) is 13.2. The highest BCUT2D eigenvalue weighted by Gasteiger charge is 2.37. The minimum atomic E-state index is -4.03. The first-order valence-corrected chi connectivity index (χ1v) is 11.2. The molecule has 0 radical (unpaired) electrons. The van der Waals surface area contributed by atoms with Crippen molar-refractivity contribution in [3.8, 4) is 0 Å². The van der Waals surface area contributed by atoms with Crippen molar-refractivity contribution in [2.45, 2.75) is 38.9 Å². The molecule has 7 heteroatoms. The highest BCUT2D eigenvalue weighted by molar-refractivity contribution is 7.85. The summed E-state index contributed by atoms with van der Waals surface area (Å²) in [4.78, 5) is 0. The lowest BCUT2D eigenvalue weighted by Crippen LogP contribution is -2.43. The standard InChI is InChI=1S/C13H28O5SSi/c1-7-8-17-9-12(11-19(14,15)16)10-18-20(5,6)13(2,3)4/h7,12H,1,8-11H2,2-6H3,(H,14,15,16)/t12-/m0/s1. The molecule has 0 aromatic heterocycles. The van der Waals surface area contributed by atoms with Gasteiger partial charge < -0.3 is 9.16 Å². The molecular weight excluding hydrogens is 296 g/mol. The second-order valence-corrected chi connectivity index (χ2v) is 12.8. The van der Waals surface area contributed by atoms with E-state index in [1.54, 1.807) is 6.08 Å². The summed E-state index contributed by atoms with van der Waals surface area (Å²) in [5.74, 6) is -0.724. The minimum Gasteiger partial charge on any atom is -0.416 e. The minimum absolute atomic E-state index is 0.0532. The SMILES string of the molecule is C=CCOC[C@@H](CO[Si](C)(C)C(C)(C)C)CS(=O)(=O)O. The predicted molar refractivity (Wildman–Crippen MR) is 84.1 cm³/mol. The van der Waals surface area contributed by atoms with Gasteiger partial charge in [-0.25, -0.2) is 0 Å². The summed E-state index contributed by atoms with van der Waals surface area (Å²) < 4.78 is 42.3. The first kappa shape index (κ1) is 19.8. The molecule has 0 heterocycles. The smallest absolute Gasteiger partial charge is 0.265 e. The van der Waals surface area contributed by atoms with Crippen LogP contribution in [0.2, 0.25) is 18.1 Å². The van der Waals surface area contributed by atoms with E-state index in [1.807, 2.05) is 0 Å². The fourth-order valence-corrected chi connectivity index (χ4v) is 3.18. The van der Waals surface area contributed by atoms with Gasteiger partial charge in [0.2, 0.25) is 0 Å². The van der Waals surface area contributed by atoms with Gasteiger partial charge in [0, 0.05) is 12.5 Å².